The van der Waals surface area contributed by atoms with E-state index in [1.54, 1.807) is 6.20 Å². The van der Waals surface area contributed by atoms with Gasteiger partial charge in [-0.3, -0.25) is 4.98 Å². The molecule has 0 aliphatic rings. The van der Waals surface area contributed by atoms with Crippen molar-refractivity contribution in [3.8, 4) is 0 Å². The lowest BCUT2D eigenvalue weighted by molar-refractivity contribution is 0.695. The van der Waals surface area contributed by atoms with Gasteiger partial charge in [0.15, 0.2) is 4.77 Å². The van der Waals surface area contributed by atoms with Crippen molar-refractivity contribution >= 4 is 34.9 Å². The van der Waals surface area contributed by atoms with Gasteiger partial charge in [0.25, 0.3) is 0 Å². The number of pyridine rings is 1. The van der Waals surface area contributed by atoms with E-state index in [1.165, 1.54) is 0 Å². The molecule has 5 heteroatoms. The number of hydrogen-bond donors (Lipinski definition) is 1. The summed E-state index contributed by atoms with van der Waals surface area (Å²) in [5.74, 6) is 0. The van der Waals surface area contributed by atoms with Crippen molar-refractivity contribution in [3.63, 3.8) is 0 Å². The molecule has 0 saturated heterocycles. The number of aryl methyl sites for hydroxylation is 2. The second kappa shape index (κ2) is 5.15. The molecule has 0 atom stereocenters. The Balaban J connectivity index is 1.94. The second-order valence-corrected chi connectivity index (χ2v) is 5.14. The van der Waals surface area contributed by atoms with Crippen LogP contribution in [0.1, 0.15) is 5.69 Å². The Morgan fingerprint density at radius 2 is 2.16 bits per heavy atom. The monoisotopic (exact) mass is 289 g/mol. The molecular formula is C14H12ClN3S. The summed E-state index contributed by atoms with van der Waals surface area (Å²) >= 11 is 11.4. The SMILES string of the molecule is S=c1[nH]c2ccc(Cl)cc2n1CCc1ccccn1. The molecule has 0 fully saturated rings. The Hall–Kier alpha value is -1.65. The van der Waals surface area contributed by atoms with E-state index in [4.69, 9.17) is 23.8 Å². The number of rotatable bonds is 3. The smallest absolute Gasteiger partial charge is 0.178 e. The Morgan fingerprint density at radius 3 is 2.95 bits per heavy atom. The number of nitrogens with zero attached hydrogens (tertiary/aromatic N) is 2. The zero-order valence-corrected chi connectivity index (χ0v) is 11.7. The molecule has 1 aromatic carbocycles. The normalized spacial score (nSPS) is 11.0. The molecule has 0 unspecified atom stereocenters. The highest BCUT2D eigenvalue weighted by molar-refractivity contribution is 7.71. The van der Waals surface area contributed by atoms with Crippen LogP contribution in [0.25, 0.3) is 11.0 Å². The highest BCUT2D eigenvalue weighted by Crippen LogP contribution is 2.19. The summed E-state index contributed by atoms with van der Waals surface area (Å²) in [5.41, 5.74) is 3.10. The van der Waals surface area contributed by atoms with Crippen LogP contribution in [0.3, 0.4) is 0 Å². The molecule has 0 amide bonds. The van der Waals surface area contributed by atoms with Gasteiger partial charge in [-0.05, 0) is 42.5 Å². The Bertz CT molecular complexity index is 761. The standard InChI is InChI=1S/C14H12ClN3S/c15-10-4-5-12-13(9-10)18(14(19)17-12)8-6-11-3-1-2-7-16-11/h1-5,7,9H,6,8H2,(H,17,19). The number of nitrogens with one attached hydrogen (secondary N) is 1. The van der Waals surface area contributed by atoms with Crippen molar-refractivity contribution in [1.82, 2.24) is 14.5 Å². The van der Waals surface area contributed by atoms with Crippen LogP contribution in [0, 0.1) is 4.77 Å². The molecule has 2 heterocycles. The quantitative estimate of drug-likeness (QED) is 0.740. The number of aromatic amines is 1. The molecular weight excluding hydrogens is 278 g/mol. The van der Waals surface area contributed by atoms with E-state index in [-0.39, 0.29) is 0 Å². The van der Waals surface area contributed by atoms with Gasteiger partial charge in [-0.2, -0.15) is 0 Å². The van der Waals surface area contributed by atoms with Crippen LogP contribution in [-0.4, -0.2) is 14.5 Å². The maximum absolute atomic E-state index is 6.04. The first-order valence-corrected chi connectivity index (χ1v) is 6.80. The fourth-order valence-electron chi connectivity index (χ4n) is 2.12. The first kappa shape index (κ1) is 12.4. The van der Waals surface area contributed by atoms with E-state index in [9.17, 15) is 0 Å². The van der Waals surface area contributed by atoms with Crippen molar-refractivity contribution in [2.75, 3.05) is 0 Å². The van der Waals surface area contributed by atoms with Gasteiger partial charge in [0.2, 0.25) is 0 Å². The average molecular weight is 290 g/mol. The predicted octanol–water partition coefficient (Wildman–Crippen LogP) is 3.99. The third-order valence-electron chi connectivity index (χ3n) is 3.06. The largest absolute Gasteiger partial charge is 0.331 e. The number of hydrogen-bond acceptors (Lipinski definition) is 2. The molecule has 0 aliphatic carbocycles. The number of halogens is 1. The highest BCUT2D eigenvalue weighted by atomic mass is 35.5. The lowest BCUT2D eigenvalue weighted by atomic mass is 10.2. The van der Waals surface area contributed by atoms with Crippen molar-refractivity contribution in [2.24, 2.45) is 0 Å². The summed E-state index contributed by atoms with van der Waals surface area (Å²) in [6.07, 6.45) is 2.65. The first-order valence-electron chi connectivity index (χ1n) is 6.02. The number of benzene rings is 1. The lowest BCUT2D eigenvalue weighted by Gasteiger charge is -2.04. The summed E-state index contributed by atoms with van der Waals surface area (Å²) in [6.45, 7) is 0.788. The number of aromatic nitrogens is 3. The molecule has 3 nitrogen and oxygen atoms in total. The van der Waals surface area contributed by atoms with Crippen molar-refractivity contribution in [2.45, 2.75) is 13.0 Å². The molecule has 0 saturated carbocycles. The van der Waals surface area contributed by atoms with Gasteiger partial charge in [-0.1, -0.05) is 17.7 Å². The van der Waals surface area contributed by atoms with Crippen LogP contribution in [0.15, 0.2) is 42.6 Å². The summed E-state index contributed by atoms with van der Waals surface area (Å²) in [5, 5.41) is 0.716. The van der Waals surface area contributed by atoms with Crippen LogP contribution in [0.2, 0.25) is 5.02 Å². The van der Waals surface area contributed by atoms with Gasteiger partial charge < -0.3 is 9.55 Å². The zero-order chi connectivity index (χ0) is 13.2. The molecule has 2 aromatic heterocycles. The third-order valence-corrected chi connectivity index (χ3v) is 3.61. The van der Waals surface area contributed by atoms with Gasteiger partial charge in [-0.15, -0.1) is 0 Å². The van der Waals surface area contributed by atoms with Crippen LogP contribution in [0.4, 0.5) is 0 Å². The zero-order valence-electron chi connectivity index (χ0n) is 10.1. The maximum atomic E-state index is 6.04. The topological polar surface area (TPSA) is 33.6 Å². The van der Waals surface area contributed by atoms with Crippen molar-refractivity contribution in [1.29, 1.82) is 0 Å². The highest BCUT2D eigenvalue weighted by Gasteiger charge is 2.05. The summed E-state index contributed by atoms with van der Waals surface area (Å²) in [6, 6.07) is 11.7. The summed E-state index contributed by atoms with van der Waals surface area (Å²) < 4.78 is 2.78. The van der Waals surface area contributed by atoms with Gasteiger partial charge in [0.05, 0.1) is 11.0 Å². The minimum Gasteiger partial charge on any atom is -0.331 e. The summed E-state index contributed by atoms with van der Waals surface area (Å²) in [7, 11) is 0. The second-order valence-electron chi connectivity index (χ2n) is 4.31. The van der Waals surface area contributed by atoms with Crippen molar-refractivity contribution in [3.05, 3.63) is 58.1 Å². The predicted molar refractivity (Wildman–Crippen MR) is 80.1 cm³/mol. The summed E-state index contributed by atoms with van der Waals surface area (Å²) in [4.78, 5) is 7.51. The van der Waals surface area contributed by atoms with Crippen LogP contribution < -0.4 is 0 Å². The number of imidazole rings is 1. The molecule has 0 spiro atoms. The Kier molecular flexibility index (Phi) is 3.36. The Morgan fingerprint density at radius 1 is 1.26 bits per heavy atom. The molecule has 0 bridgehead atoms. The fraction of sp³-hybridized carbons (Fsp3) is 0.143. The number of H-pyrrole nitrogens is 1. The molecule has 3 aromatic rings. The minimum absolute atomic E-state index is 0.716. The van der Waals surface area contributed by atoms with E-state index in [0.717, 1.165) is 29.7 Å². The molecule has 0 radical (unpaired) electrons. The molecule has 0 aliphatic heterocycles. The van der Waals surface area contributed by atoms with E-state index in [2.05, 4.69) is 14.5 Å². The van der Waals surface area contributed by atoms with E-state index >= 15 is 0 Å². The minimum atomic E-state index is 0.716. The lowest BCUT2D eigenvalue weighted by Crippen LogP contribution is -2.02. The van der Waals surface area contributed by atoms with E-state index in [1.807, 2.05) is 36.4 Å². The van der Waals surface area contributed by atoms with E-state index in [0.29, 0.717) is 9.79 Å². The van der Waals surface area contributed by atoms with Crippen LogP contribution in [0.5, 0.6) is 0 Å². The molecule has 19 heavy (non-hydrogen) atoms. The maximum Gasteiger partial charge on any atom is 0.178 e. The van der Waals surface area contributed by atoms with Gasteiger partial charge >= 0.3 is 0 Å². The molecule has 96 valence electrons. The van der Waals surface area contributed by atoms with Crippen LogP contribution >= 0.6 is 23.8 Å². The average Bonchev–Trinajstić information content (AvgIpc) is 2.73. The van der Waals surface area contributed by atoms with Crippen LogP contribution in [-0.2, 0) is 13.0 Å². The fourth-order valence-corrected chi connectivity index (χ4v) is 2.59. The third kappa shape index (κ3) is 2.55. The molecule has 1 N–H and O–H groups in total. The molecule has 3 rings (SSSR count). The van der Waals surface area contributed by atoms with Crippen molar-refractivity contribution < 1.29 is 0 Å². The van der Waals surface area contributed by atoms with Gasteiger partial charge in [0, 0.05) is 29.9 Å². The van der Waals surface area contributed by atoms with Gasteiger partial charge in [-0.25, -0.2) is 0 Å². The van der Waals surface area contributed by atoms with E-state index < -0.39 is 0 Å². The Labute approximate surface area is 120 Å². The van der Waals surface area contributed by atoms with Gasteiger partial charge in [0.1, 0.15) is 0 Å². The first-order chi connectivity index (χ1) is 9.24. The number of fused-ring (bicyclic) bond motifs is 1.